The third-order valence-electron chi connectivity index (χ3n) is 4.73. The summed E-state index contributed by atoms with van der Waals surface area (Å²) in [5.41, 5.74) is 17.0. The standard InChI is InChI=1S/C21H33N7O6/c1-12(29)17(22)20(34)28-15(10-13-6-3-2-4-7-13)19(33)27-14(8-5-9-25-21(23)24)18(32)26-11-16(30)31/h2-4,6-7,12,14-15,17,29H,5,8-11,22H2,1H3,(H,26,32)(H,27,33)(H,28,34)(H,30,31)(H4,23,24,25). The molecule has 4 atom stereocenters. The lowest BCUT2D eigenvalue weighted by Gasteiger charge is -2.24. The molecule has 0 radical (unpaired) electrons. The number of nitrogens with zero attached hydrogens (tertiary/aromatic N) is 1. The van der Waals surface area contributed by atoms with Gasteiger partial charge in [0.15, 0.2) is 5.96 Å². The molecule has 0 saturated heterocycles. The number of aliphatic carboxylic acids is 1. The number of nitrogens with one attached hydrogen (secondary N) is 3. The van der Waals surface area contributed by atoms with Crippen LogP contribution in [-0.4, -0.2) is 77.2 Å². The fraction of sp³-hybridized carbons (Fsp3) is 0.476. The molecule has 0 aliphatic carbocycles. The zero-order chi connectivity index (χ0) is 25.7. The third-order valence-corrected chi connectivity index (χ3v) is 4.73. The fourth-order valence-corrected chi connectivity index (χ4v) is 2.88. The Hall–Kier alpha value is -3.71. The van der Waals surface area contributed by atoms with Gasteiger partial charge < -0.3 is 43.4 Å². The number of benzene rings is 1. The highest BCUT2D eigenvalue weighted by Crippen LogP contribution is 2.06. The predicted octanol–water partition coefficient (Wildman–Crippen LogP) is -2.84. The molecule has 0 saturated carbocycles. The maximum Gasteiger partial charge on any atom is 0.322 e. The van der Waals surface area contributed by atoms with Crippen LogP contribution in [0.15, 0.2) is 35.3 Å². The van der Waals surface area contributed by atoms with Gasteiger partial charge in [-0.1, -0.05) is 30.3 Å². The first kappa shape index (κ1) is 28.3. The van der Waals surface area contributed by atoms with Crippen LogP contribution in [0.4, 0.5) is 0 Å². The Morgan fingerprint density at radius 3 is 2.18 bits per heavy atom. The van der Waals surface area contributed by atoms with Gasteiger partial charge in [-0.25, -0.2) is 0 Å². The molecule has 4 unspecified atom stereocenters. The molecule has 1 aromatic carbocycles. The summed E-state index contributed by atoms with van der Waals surface area (Å²) < 4.78 is 0. The van der Waals surface area contributed by atoms with Crippen LogP contribution < -0.4 is 33.2 Å². The molecule has 0 bridgehead atoms. The van der Waals surface area contributed by atoms with E-state index in [1.807, 2.05) is 0 Å². The molecule has 11 N–H and O–H groups in total. The average Bonchev–Trinajstić information content (AvgIpc) is 2.78. The second-order valence-electron chi connectivity index (χ2n) is 7.64. The Labute approximate surface area is 197 Å². The summed E-state index contributed by atoms with van der Waals surface area (Å²) in [5.74, 6) is -3.53. The Balaban J connectivity index is 3.02. The molecule has 0 aliphatic heterocycles. The molecule has 0 fully saturated rings. The first-order valence-corrected chi connectivity index (χ1v) is 10.6. The van der Waals surface area contributed by atoms with Crippen molar-refractivity contribution in [2.24, 2.45) is 22.2 Å². The number of guanidine groups is 1. The molecular formula is C21H33N7O6. The summed E-state index contributed by atoms with van der Waals surface area (Å²) in [5, 5.41) is 25.7. The molecule has 0 heterocycles. The van der Waals surface area contributed by atoms with Gasteiger partial charge in [0.05, 0.1) is 6.10 Å². The van der Waals surface area contributed by atoms with Crippen LogP contribution in [0.25, 0.3) is 0 Å². The van der Waals surface area contributed by atoms with Crippen molar-refractivity contribution in [2.75, 3.05) is 13.1 Å². The van der Waals surface area contributed by atoms with Crippen molar-refractivity contribution in [2.45, 2.75) is 50.4 Å². The Morgan fingerprint density at radius 2 is 1.62 bits per heavy atom. The summed E-state index contributed by atoms with van der Waals surface area (Å²) in [6.45, 7) is 0.900. The van der Waals surface area contributed by atoms with Gasteiger partial charge in [0.1, 0.15) is 24.7 Å². The van der Waals surface area contributed by atoms with Gasteiger partial charge in [0.2, 0.25) is 17.7 Å². The van der Waals surface area contributed by atoms with Crippen molar-refractivity contribution in [3.8, 4) is 0 Å². The predicted molar refractivity (Wildman–Crippen MR) is 124 cm³/mol. The summed E-state index contributed by atoms with van der Waals surface area (Å²) >= 11 is 0. The Bertz CT molecular complexity index is 858. The third kappa shape index (κ3) is 10.7. The number of aliphatic hydroxyl groups is 1. The van der Waals surface area contributed by atoms with E-state index in [-0.39, 0.29) is 25.3 Å². The SMILES string of the molecule is CC(O)C(N)C(=O)NC(Cc1ccccc1)C(=O)NC(CCCN=C(N)N)C(=O)NCC(=O)O. The average molecular weight is 480 g/mol. The summed E-state index contributed by atoms with van der Waals surface area (Å²) in [6.07, 6.45) is -0.646. The second-order valence-corrected chi connectivity index (χ2v) is 7.64. The van der Waals surface area contributed by atoms with Gasteiger partial charge in [-0.05, 0) is 25.3 Å². The molecule has 1 rings (SSSR count). The first-order chi connectivity index (χ1) is 16.0. The van der Waals surface area contributed by atoms with Gasteiger partial charge in [-0.2, -0.15) is 0 Å². The number of carboxylic acid groups (broad SMARTS) is 1. The molecule has 0 aliphatic rings. The van der Waals surface area contributed by atoms with Crippen molar-refractivity contribution < 1.29 is 29.4 Å². The van der Waals surface area contributed by atoms with Crippen LogP contribution in [-0.2, 0) is 25.6 Å². The van der Waals surface area contributed by atoms with E-state index in [9.17, 15) is 24.3 Å². The smallest absolute Gasteiger partial charge is 0.322 e. The van der Waals surface area contributed by atoms with Crippen LogP contribution in [0.3, 0.4) is 0 Å². The molecule has 0 aromatic heterocycles. The molecule has 0 spiro atoms. The number of aliphatic hydroxyl groups excluding tert-OH is 1. The van der Waals surface area contributed by atoms with E-state index in [1.165, 1.54) is 6.92 Å². The lowest BCUT2D eigenvalue weighted by Crippen LogP contribution is -2.58. The monoisotopic (exact) mass is 479 g/mol. The molecule has 13 nitrogen and oxygen atoms in total. The van der Waals surface area contributed by atoms with E-state index in [4.69, 9.17) is 22.3 Å². The molecule has 34 heavy (non-hydrogen) atoms. The van der Waals surface area contributed by atoms with Gasteiger partial charge in [-0.15, -0.1) is 0 Å². The van der Waals surface area contributed by atoms with Crippen LogP contribution in [0, 0.1) is 0 Å². The number of amides is 3. The van der Waals surface area contributed by atoms with Crippen LogP contribution in [0.1, 0.15) is 25.3 Å². The minimum absolute atomic E-state index is 0.0857. The Kier molecular flexibility index (Phi) is 12.0. The lowest BCUT2D eigenvalue weighted by atomic mass is 10.0. The van der Waals surface area contributed by atoms with E-state index >= 15 is 0 Å². The molecule has 3 amide bonds. The van der Waals surface area contributed by atoms with Gasteiger partial charge in [-0.3, -0.25) is 24.2 Å². The van der Waals surface area contributed by atoms with Crippen molar-refractivity contribution in [1.29, 1.82) is 0 Å². The van der Waals surface area contributed by atoms with Crippen molar-refractivity contribution in [3.63, 3.8) is 0 Å². The van der Waals surface area contributed by atoms with Gasteiger partial charge in [0, 0.05) is 13.0 Å². The van der Waals surface area contributed by atoms with Gasteiger partial charge in [0.25, 0.3) is 0 Å². The van der Waals surface area contributed by atoms with Crippen LogP contribution >= 0.6 is 0 Å². The normalized spacial score (nSPS) is 14.1. The maximum atomic E-state index is 13.1. The van der Waals surface area contributed by atoms with E-state index < -0.39 is 54.5 Å². The minimum Gasteiger partial charge on any atom is -0.480 e. The highest BCUT2D eigenvalue weighted by Gasteiger charge is 2.29. The number of hydrogen-bond donors (Lipinski definition) is 8. The van der Waals surface area contributed by atoms with Crippen LogP contribution in [0.2, 0.25) is 0 Å². The zero-order valence-electron chi connectivity index (χ0n) is 18.9. The highest BCUT2D eigenvalue weighted by molar-refractivity contribution is 5.94. The topological polar surface area (TPSA) is 235 Å². The van der Waals surface area contributed by atoms with E-state index in [0.29, 0.717) is 6.42 Å². The van der Waals surface area contributed by atoms with Gasteiger partial charge >= 0.3 is 5.97 Å². The first-order valence-electron chi connectivity index (χ1n) is 10.6. The number of hydrogen-bond acceptors (Lipinski definition) is 7. The number of nitrogens with two attached hydrogens (primary N) is 3. The second kappa shape index (κ2) is 14.4. The number of carboxylic acids is 1. The zero-order valence-corrected chi connectivity index (χ0v) is 18.9. The maximum absolute atomic E-state index is 13.1. The summed E-state index contributed by atoms with van der Waals surface area (Å²) in [7, 11) is 0. The lowest BCUT2D eigenvalue weighted by molar-refractivity contribution is -0.138. The Morgan fingerprint density at radius 1 is 1.00 bits per heavy atom. The number of aliphatic imine (C=N–C) groups is 1. The van der Waals surface area contributed by atoms with Crippen molar-refractivity contribution in [3.05, 3.63) is 35.9 Å². The largest absolute Gasteiger partial charge is 0.480 e. The summed E-state index contributed by atoms with van der Waals surface area (Å²) in [4.78, 5) is 52.6. The van der Waals surface area contributed by atoms with E-state index in [1.54, 1.807) is 30.3 Å². The number of carbonyl (C=O) groups excluding carboxylic acids is 3. The number of rotatable bonds is 14. The minimum atomic E-state index is -1.26. The van der Waals surface area contributed by atoms with Crippen molar-refractivity contribution in [1.82, 2.24) is 16.0 Å². The molecule has 188 valence electrons. The quantitative estimate of drug-likeness (QED) is 0.0778. The number of carbonyl (C=O) groups is 4. The fourth-order valence-electron chi connectivity index (χ4n) is 2.88. The molecule has 1 aromatic rings. The molecule has 13 heteroatoms. The highest BCUT2D eigenvalue weighted by atomic mass is 16.4. The van der Waals surface area contributed by atoms with E-state index in [2.05, 4.69) is 20.9 Å². The summed E-state index contributed by atoms with van der Waals surface area (Å²) in [6, 6.07) is 5.34. The van der Waals surface area contributed by atoms with Crippen LogP contribution in [0.5, 0.6) is 0 Å². The molecular weight excluding hydrogens is 446 g/mol. The van der Waals surface area contributed by atoms with E-state index in [0.717, 1.165) is 5.56 Å². The van der Waals surface area contributed by atoms with Crippen molar-refractivity contribution >= 4 is 29.7 Å².